The highest BCUT2D eigenvalue weighted by Crippen LogP contribution is 2.20. The van der Waals surface area contributed by atoms with Crippen LogP contribution in [-0.4, -0.2) is 40.1 Å². The zero-order chi connectivity index (χ0) is 13.7. The highest BCUT2D eigenvalue weighted by atomic mass is 35.5. The molecule has 0 saturated carbocycles. The quantitative estimate of drug-likeness (QED) is 0.822. The van der Waals surface area contributed by atoms with E-state index >= 15 is 0 Å². The van der Waals surface area contributed by atoms with Crippen LogP contribution in [-0.2, 0) is 16.1 Å². The maximum Gasteiger partial charge on any atom is 0.317 e. The van der Waals surface area contributed by atoms with Gasteiger partial charge in [-0.1, -0.05) is 17.7 Å². The van der Waals surface area contributed by atoms with Gasteiger partial charge in [-0.2, -0.15) is 0 Å². The summed E-state index contributed by atoms with van der Waals surface area (Å²) in [6, 6.07) is 4.06. The zero-order valence-corrected chi connectivity index (χ0v) is 10.0. The van der Waals surface area contributed by atoms with Crippen LogP contribution in [0.5, 0.6) is 0 Å². The lowest BCUT2D eigenvalue weighted by Gasteiger charge is -2.18. The molecule has 0 aliphatic rings. The summed E-state index contributed by atoms with van der Waals surface area (Å²) in [5, 5.41) is 17.4. The number of carboxylic acids is 2. The van der Waals surface area contributed by atoms with Gasteiger partial charge in [0.1, 0.15) is 5.82 Å². The summed E-state index contributed by atoms with van der Waals surface area (Å²) in [6.45, 7) is -1.18. The first-order valence-corrected chi connectivity index (χ1v) is 5.36. The minimum absolute atomic E-state index is 0.0849. The van der Waals surface area contributed by atoms with Gasteiger partial charge in [0.2, 0.25) is 0 Å². The first-order valence-electron chi connectivity index (χ1n) is 4.99. The first kappa shape index (κ1) is 14.4. The fraction of sp³-hybridized carbons (Fsp3) is 0.273. The Balaban J connectivity index is 2.88. The molecule has 0 aromatic heterocycles. The van der Waals surface area contributed by atoms with Crippen molar-refractivity contribution < 1.29 is 24.2 Å². The van der Waals surface area contributed by atoms with Gasteiger partial charge in [0.05, 0.1) is 13.1 Å². The third kappa shape index (κ3) is 4.31. The number of rotatable bonds is 6. The van der Waals surface area contributed by atoms with E-state index < -0.39 is 30.8 Å². The summed E-state index contributed by atoms with van der Waals surface area (Å²) in [4.78, 5) is 22.3. The lowest BCUT2D eigenvalue weighted by Crippen LogP contribution is -2.34. The van der Waals surface area contributed by atoms with E-state index in [4.69, 9.17) is 21.8 Å². The number of halogens is 2. The molecule has 0 aliphatic heterocycles. The summed E-state index contributed by atoms with van der Waals surface area (Å²) in [7, 11) is 0. The van der Waals surface area contributed by atoms with E-state index in [1.807, 2.05) is 0 Å². The standard InChI is InChI=1S/C11H11ClFNO4/c12-8-2-1-3-9(13)7(8)4-14(5-10(15)16)6-11(17)18/h1-3H,4-6H2,(H,15,16)(H,17,18). The van der Waals surface area contributed by atoms with Crippen LogP contribution in [0.3, 0.4) is 0 Å². The summed E-state index contributed by atoms with van der Waals surface area (Å²) < 4.78 is 13.5. The fourth-order valence-corrected chi connectivity index (χ4v) is 1.68. The van der Waals surface area contributed by atoms with Crippen LogP contribution in [0.4, 0.5) is 4.39 Å². The van der Waals surface area contributed by atoms with E-state index in [0.717, 1.165) is 4.90 Å². The molecule has 0 aliphatic carbocycles. The molecule has 0 saturated heterocycles. The third-order valence-electron chi connectivity index (χ3n) is 2.16. The minimum Gasteiger partial charge on any atom is -0.480 e. The number of hydrogen-bond donors (Lipinski definition) is 2. The molecule has 18 heavy (non-hydrogen) atoms. The molecule has 1 rings (SSSR count). The molecule has 1 aromatic carbocycles. The second kappa shape index (κ2) is 6.32. The van der Waals surface area contributed by atoms with Crippen LogP contribution in [0.2, 0.25) is 5.02 Å². The summed E-state index contributed by atoms with van der Waals surface area (Å²) in [5.74, 6) is -2.98. The number of carbonyl (C=O) groups is 2. The van der Waals surface area contributed by atoms with Crippen molar-refractivity contribution in [3.8, 4) is 0 Å². The van der Waals surface area contributed by atoms with Gasteiger partial charge in [-0.3, -0.25) is 14.5 Å². The summed E-state index contributed by atoms with van der Waals surface area (Å²) in [5.41, 5.74) is 0.0849. The van der Waals surface area contributed by atoms with Gasteiger partial charge in [0, 0.05) is 17.1 Å². The largest absolute Gasteiger partial charge is 0.480 e. The number of carboxylic acid groups (broad SMARTS) is 2. The van der Waals surface area contributed by atoms with Crippen LogP contribution in [0.15, 0.2) is 18.2 Å². The third-order valence-corrected chi connectivity index (χ3v) is 2.52. The lowest BCUT2D eigenvalue weighted by atomic mass is 10.2. The van der Waals surface area contributed by atoms with Gasteiger partial charge < -0.3 is 10.2 Å². The van der Waals surface area contributed by atoms with E-state index in [2.05, 4.69) is 0 Å². The van der Waals surface area contributed by atoms with Gasteiger partial charge in [0.25, 0.3) is 0 Å². The van der Waals surface area contributed by atoms with Crippen molar-refractivity contribution in [3.05, 3.63) is 34.6 Å². The molecular formula is C11H11ClFNO4. The number of hydrogen-bond acceptors (Lipinski definition) is 3. The normalized spacial score (nSPS) is 10.6. The second-order valence-electron chi connectivity index (χ2n) is 3.63. The molecule has 0 radical (unpaired) electrons. The molecule has 5 nitrogen and oxygen atoms in total. The maximum absolute atomic E-state index is 13.5. The molecule has 0 unspecified atom stereocenters. The molecule has 98 valence electrons. The Labute approximate surface area is 107 Å². The SMILES string of the molecule is O=C(O)CN(CC(=O)O)Cc1c(F)cccc1Cl. The van der Waals surface area contributed by atoms with Crippen molar-refractivity contribution >= 4 is 23.5 Å². The van der Waals surface area contributed by atoms with E-state index in [1.54, 1.807) is 0 Å². The Morgan fingerprint density at radius 2 is 1.78 bits per heavy atom. The van der Waals surface area contributed by atoms with Crippen molar-refractivity contribution in [3.63, 3.8) is 0 Å². The Kier molecular flexibility index (Phi) is 5.06. The smallest absolute Gasteiger partial charge is 0.317 e. The van der Waals surface area contributed by atoms with Crippen LogP contribution >= 0.6 is 11.6 Å². The Morgan fingerprint density at radius 3 is 2.22 bits per heavy atom. The molecule has 1 aromatic rings. The van der Waals surface area contributed by atoms with Crippen molar-refractivity contribution in [1.82, 2.24) is 4.90 Å². The van der Waals surface area contributed by atoms with Crippen LogP contribution in [0, 0.1) is 5.82 Å². The Hall–Kier alpha value is -1.66. The molecule has 7 heteroatoms. The van der Waals surface area contributed by atoms with Crippen LogP contribution in [0.1, 0.15) is 5.56 Å². The molecule has 0 atom stereocenters. The Morgan fingerprint density at radius 1 is 1.22 bits per heavy atom. The van der Waals surface area contributed by atoms with Gasteiger partial charge in [-0.15, -0.1) is 0 Å². The topological polar surface area (TPSA) is 77.8 Å². The maximum atomic E-state index is 13.5. The highest BCUT2D eigenvalue weighted by molar-refractivity contribution is 6.31. The Bertz CT molecular complexity index is 430. The lowest BCUT2D eigenvalue weighted by molar-refractivity contribution is -0.142. The van der Waals surface area contributed by atoms with E-state index in [0.29, 0.717) is 0 Å². The second-order valence-corrected chi connectivity index (χ2v) is 4.04. The predicted octanol–water partition coefficient (Wildman–Crippen LogP) is 1.45. The zero-order valence-electron chi connectivity index (χ0n) is 9.27. The molecule has 0 amide bonds. The van der Waals surface area contributed by atoms with Crippen LogP contribution < -0.4 is 0 Å². The van der Waals surface area contributed by atoms with Crippen LogP contribution in [0.25, 0.3) is 0 Å². The van der Waals surface area contributed by atoms with Crippen molar-refractivity contribution in [1.29, 1.82) is 0 Å². The van der Waals surface area contributed by atoms with Crippen molar-refractivity contribution in [2.75, 3.05) is 13.1 Å². The minimum atomic E-state index is -1.19. The van der Waals surface area contributed by atoms with Gasteiger partial charge >= 0.3 is 11.9 Å². The number of benzene rings is 1. The molecule has 0 heterocycles. The predicted molar refractivity (Wildman–Crippen MR) is 62.0 cm³/mol. The van der Waals surface area contributed by atoms with Crippen molar-refractivity contribution in [2.24, 2.45) is 0 Å². The number of aliphatic carboxylic acids is 2. The summed E-state index contributed by atoms with van der Waals surface area (Å²) >= 11 is 5.79. The highest BCUT2D eigenvalue weighted by Gasteiger charge is 2.17. The fourth-order valence-electron chi connectivity index (χ4n) is 1.46. The molecule has 2 N–H and O–H groups in total. The van der Waals surface area contributed by atoms with Gasteiger partial charge in [-0.25, -0.2) is 4.39 Å². The van der Waals surface area contributed by atoms with Gasteiger partial charge in [0.15, 0.2) is 0 Å². The monoisotopic (exact) mass is 275 g/mol. The average molecular weight is 276 g/mol. The first-order chi connectivity index (χ1) is 8.40. The summed E-state index contributed by atoms with van der Waals surface area (Å²) in [6.07, 6.45) is 0. The van der Waals surface area contributed by atoms with Gasteiger partial charge in [-0.05, 0) is 12.1 Å². The molecule has 0 fully saturated rings. The van der Waals surface area contributed by atoms with E-state index in [-0.39, 0.29) is 17.1 Å². The van der Waals surface area contributed by atoms with E-state index in [1.165, 1.54) is 18.2 Å². The molecule has 0 spiro atoms. The number of nitrogens with zero attached hydrogens (tertiary/aromatic N) is 1. The van der Waals surface area contributed by atoms with E-state index in [9.17, 15) is 14.0 Å². The molecular weight excluding hydrogens is 265 g/mol. The molecule has 0 bridgehead atoms. The average Bonchev–Trinajstić information content (AvgIpc) is 2.21. The van der Waals surface area contributed by atoms with Crippen molar-refractivity contribution in [2.45, 2.75) is 6.54 Å².